The summed E-state index contributed by atoms with van der Waals surface area (Å²) in [6.07, 6.45) is 0. The Morgan fingerprint density at radius 3 is 2.67 bits per heavy atom. The molecule has 7 heteroatoms. The highest BCUT2D eigenvalue weighted by Gasteiger charge is 2.30. The maximum absolute atomic E-state index is 11.5. The van der Waals surface area contributed by atoms with Crippen molar-refractivity contribution < 1.29 is 9.21 Å². The minimum atomic E-state index is -2.08. The van der Waals surface area contributed by atoms with Crippen LogP contribution in [0.5, 0.6) is 0 Å². The van der Waals surface area contributed by atoms with Gasteiger partial charge in [0.25, 0.3) is 3.79 Å². The lowest BCUT2D eigenvalue weighted by molar-refractivity contribution is -0.117. The second-order valence-corrected chi connectivity index (χ2v) is 6.11. The number of aromatic nitrogens is 1. The molecule has 96 valence electrons. The first kappa shape index (κ1) is 13.5. The number of benzene rings is 1. The van der Waals surface area contributed by atoms with E-state index in [0.29, 0.717) is 5.58 Å². The molecule has 0 unspecified atom stereocenters. The Bertz CT molecular complexity index is 680. The average Bonchev–Trinajstić information content (AvgIpc) is 2.54. The van der Waals surface area contributed by atoms with Gasteiger partial charge in [-0.15, -0.1) is 0 Å². The summed E-state index contributed by atoms with van der Waals surface area (Å²) < 4.78 is 4.98. The van der Waals surface area contributed by atoms with Crippen molar-refractivity contribution >= 4 is 51.8 Å². The van der Waals surface area contributed by atoms with Crippen molar-refractivity contribution in [3.8, 4) is 0 Å². The fourth-order valence-corrected chi connectivity index (χ4v) is 1.62. The molecule has 2 aromatic rings. The molecule has 0 aliphatic carbocycles. The minimum Gasteiger partial charge on any atom is -0.423 e. The number of fused-ring (bicyclic) bond motifs is 1. The van der Waals surface area contributed by atoms with Gasteiger partial charge in [-0.1, -0.05) is 40.9 Å². The van der Waals surface area contributed by atoms with Crippen LogP contribution in [0.3, 0.4) is 0 Å². The van der Waals surface area contributed by atoms with E-state index in [-0.39, 0.29) is 5.68 Å². The number of carbonyl (C=O) groups is 1. The first-order valence-corrected chi connectivity index (χ1v) is 6.14. The predicted octanol–water partition coefficient (Wildman–Crippen LogP) is 2.88. The summed E-state index contributed by atoms with van der Waals surface area (Å²) >= 11 is 16.3. The molecular formula is C11H9Cl3N2O2. The van der Waals surface area contributed by atoms with E-state index in [2.05, 4.69) is 4.99 Å². The van der Waals surface area contributed by atoms with E-state index < -0.39 is 9.70 Å². The summed E-state index contributed by atoms with van der Waals surface area (Å²) in [4.78, 5) is 15.2. The van der Waals surface area contributed by atoms with Crippen molar-refractivity contribution in [1.29, 1.82) is 0 Å². The summed E-state index contributed by atoms with van der Waals surface area (Å²) in [6, 6.07) is 5.64. The van der Waals surface area contributed by atoms with Crippen molar-refractivity contribution in [3.05, 3.63) is 29.4 Å². The van der Waals surface area contributed by atoms with Gasteiger partial charge in [0.05, 0.1) is 5.52 Å². The van der Waals surface area contributed by atoms with Gasteiger partial charge < -0.3 is 4.42 Å². The number of nitrogens with zero attached hydrogens (tertiary/aromatic N) is 2. The number of halogens is 3. The lowest BCUT2D eigenvalue weighted by Crippen LogP contribution is -2.22. The average molecular weight is 308 g/mol. The molecule has 0 saturated heterocycles. The third-order valence-corrected chi connectivity index (χ3v) is 2.89. The van der Waals surface area contributed by atoms with Crippen LogP contribution in [0.2, 0.25) is 0 Å². The van der Waals surface area contributed by atoms with Crippen LogP contribution in [-0.2, 0) is 11.8 Å². The first-order valence-electron chi connectivity index (χ1n) is 5.01. The topological polar surface area (TPSA) is 47.5 Å². The summed E-state index contributed by atoms with van der Waals surface area (Å²) in [5.74, 6) is -0.890. The Labute approximate surface area is 118 Å². The van der Waals surface area contributed by atoms with Gasteiger partial charge in [-0.25, -0.2) is 0 Å². The molecule has 0 atom stereocenters. The molecule has 0 fully saturated rings. The van der Waals surface area contributed by atoms with Gasteiger partial charge in [-0.05, 0) is 24.6 Å². The van der Waals surface area contributed by atoms with E-state index >= 15 is 0 Å². The van der Waals surface area contributed by atoms with E-state index in [1.165, 1.54) is 0 Å². The molecule has 4 nitrogen and oxygen atoms in total. The quantitative estimate of drug-likeness (QED) is 0.703. The van der Waals surface area contributed by atoms with Gasteiger partial charge in [-0.3, -0.25) is 9.36 Å². The van der Waals surface area contributed by atoms with Crippen molar-refractivity contribution in [3.63, 3.8) is 0 Å². The highest BCUT2D eigenvalue weighted by molar-refractivity contribution is 6.76. The Hall–Kier alpha value is -0.970. The standard InChI is InChI=1S/C11H9Cl3N2O2/c1-6-3-4-7-8(5-6)18-10(16(7)2)15-9(17)11(12,13)14/h3-5H,1-2H3. The van der Waals surface area contributed by atoms with Crippen molar-refractivity contribution in [2.45, 2.75) is 10.7 Å². The molecule has 0 aliphatic rings. The zero-order chi connectivity index (χ0) is 13.5. The van der Waals surface area contributed by atoms with E-state index in [4.69, 9.17) is 39.2 Å². The van der Waals surface area contributed by atoms with Crippen LogP contribution in [0.15, 0.2) is 27.6 Å². The van der Waals surface area contributed by atoms with E-state index in [1.54, 1.807) is 11.6 Å². The minimum absolute atomic E-state index is 0.0897. The molecule has 2 rings (SSSR count). The van der Waals surface area contributed by atoms with Crippen molar-refractivity contribution in [2.24, 2.45) is 12.0 Å². The molecule has 0 N–H and O–H groups in total. The second kappa shape index (κ2) is 4.61. The molecule has 1 aromatic carbocycles. The summed E-state index contributed by atoms with van der Waals surface area (Å²) in [6.45, 7) is 1.94. The summed E-state index contributed by atoms with van der Waals surface area (Å²) in [7, 11) is 1.71. The molecule has 1 amide bonds. The van der Waals surface area contributed by atoms with Crippen LogP contribution in [0.25, 0.3) is 11.1 Å². The van der Waals surface area contributed by atoms with E-state index in [9.17, 15) is 4.79 Å². The van der Waals surface area contributed by atoms with Gasteiger partial charge in [0, 0.05) is 7.05 Å². The summed E-state index contributed by atoms with van der Waals surface area (Å²) in [5, 5.41) is 0. The van der Waals surface area contributed by atoms with Crippen LogP contribution in [0.4, 0.5) is 0 Å². The van der Waals surface area contributed by atoms with Gasteiger partial charge in [-0.2, -0.15) is 4.99 Å². The van der Waals surface area contributed by atoms with Crippen molar-refractivity contribution in [2.75, 3.05) is 0 Å². The Kier molecular flexibility index (Phi) is 3.45. The van der Waals surface area contributed by atoms with E-state index in [0.717, 1.165) is 11.1 Å². The molecule has 1 heterocycles. The molecule has 18 heavy (non-hydrogen) atoms. The number of oxazole rings is 1. The smallest absolute Gasteiger partial charge is 0.305 e. The molecule has 0 spiro atoms. The Morgan fingerprint density at radius 1 is 1.39 bits per heavy atom. The van der Waals surface area contributed by atoms with Crippen LogP contribution in [-0.4, -0.2) is 14.3 Å². The Morgan fingerprint density at radius 2 is 2.06 bits per heavy atom. The number of hydrogen-bond acceptors (Lipinski definition) is 2. The van der Waals surface area contributed by atoms with Gasteiger partial charge in [0.1, 0.15) is 0 Å². The third-order valence-electron chi connectivity index (χ3n) is 2.40. The number of aryl methyl sites for hydroxylation is 2. The van der Waals surface area contributed by atoms with Crippen LogP contribution < -0.4 is 5.68 Å². The SMILES string of the molecule is Cc1ccc2c(c1)oc(=NC(=O)C(Cl)(Cl)Cl)n2C. The number of amides is 1. The molecular weight excluding hydrogens is 298 g/mol. The Balaban J connectivity index is 2.63. The predicted molar refractivity (Wildman–Crippen MR) is 70.8 cm³/mol. The lowest BCUT2D eigenvalue weighted by atomic mass is 10.2. The van der Waals surface area contributed by atoms with Crippen LogP contribution >= 0.6 is 34.8 Å². The monoisotopic (exact) mass is 306 g/mol. The molecule has 1 aromatic heterocycles. The molecule has 0 radical (unpaired) electrons. The highest BCUT2D eigenvalue weighted by Crippen LogP contribution is 2.27. The molecule has 0 saturated carbocycles. The molecule has 0 aliphatic heterocycles. The summed E-state index contributed by atoms with van der Waals surface area (Å²) in [5.41, 5.74) is 2.55. The largest absolute Gasteiger partial charge is 0.423 e. The van der Waals surface area contributed by atoms with Crippen LogP contribution in [0, 0.1) is 6.92 Å². The number of carbonyl (C=O) groups excluding carboxylic acids is 1. The van der Waals surface area contributed by atoms with Gasteiger partial charge in [0.15, 0.2) is 5.58 Å². The first-order chi connectivity index (χ1) is 8.29. The second-order valence-electron chi connectivity index (χ2n) is 3.83. The lowest BCUT2D eigenvalue weighted by Gasteiger charge is -2.02. The molecule has 0 bridgehead atoms. The van der Waals surface area contributed by atoms with Crippen LogP contribution in [0.1, 0.15) is 5.56 Å². The fourth-order valence-electron chi connectivity index (χ4n) is 1.50. The van der Waals surface area contributed by atoms with Crippen molar-refractivity contribution in [1.82, 2.24) is 4.57 Å². The normalized spacial score (nSPS) is 13.3. The maximum Gasteiger partial charge on any atom is 0.305 e. The fraction of sp³-hybridized carbons (Fsp3) is 0.273. The third kappa shape index (κ3) is 2.55. The number of hydrogen-bond donors (Lipinski definition) is 0. The number of rotatable bonds is 0. The zero-order valence-corrected chi connectivity index (χ0v) is 11.8. The van der Waals surface area contributed by atoms with Gasteiger partial charge in [0.2, 0.25) is 0 Å². The highest BCUT2D eigenvalue weighted by atomic mass is 35.6. The number of alkyl halides is 3. The maximum atomic E-state index is 11.5. The van der Waals surface area contributed by atoms with Gasteiger partial charge >= 0.3 is 11.6 Å². The zero-order valence-electron chi connectivity index (χ0n) is 9.58. The van der Waals surface area contributed by atoms with E-state index in [1.807, 2.05) is 25.1 Å².